The van der Waals surface area contributed by atoms with Crippen LogP contribution < -0.4 is 14.8 Å². The Bertz CT molecular complexity index is 942. The SMILES string of the molecule is COC(=O)Nc1cccc(C(=O)N2CCCC(c3ccc(OC)c(OC)c3)=N2)c1. The van der Waals surface area contributed by atoms with Gasteiger partial charge in [-0.25, -0.2) is 9.80 Å². The minimum atomic E-state index is -0.596. The van der Waals surface area contributed by atoms with Crippen LogP contribution in [0.1, 0.15) is 28.8 Å². The van der Waals surface area contributed by atoms with Crippen molar-refractivity contribution in [1.29, 1.82) is 0 Å². The second-order valence-electron chi connectivity index (χ2n) is 6.35. The van der Waals surface area contributed by atoms with Crippen molar-refractivity contribution in [1.82, 2.24) is 5.01 Å². The summed E-state index contributed by atoms with van der Waals surface area (Å²) < 4.78 is 15.2. The molecule has 152 valence electrons. The maximum atomic E-state index is 12.9. The highest BCUT2D eigenvalue weighted by Crippen LogP contribution is 2.29. The van der Waals surface area contributed by atoms with Crippen LogP contribution in [0.3, 0.4) is 0 Å². The number of ether oxygens (including phenoxy) is 3. The topological polar surface area (TPSA) is 89.5 Å². The zero-order valence-electron chi connectivity index (χ0n) is 16.6. The van der Waals surface area contributed by atoms with Crippen molar-refractivity contribution in [3.63, 3.8) is 0 Å². The van der Waals surface area contributed by atoms with E-state index in [1.807, 2.05) is 18.2 Å². The number of rotatable bonds is 5. The predicted octanol–water partition coefficient (Wildman–Crippen LogP) is 3.52. The Hall–Kier alpha value is -3.55. The Morgan fingerprint density at radius 1 is 1.03 bits per heavy atom. The summed E-state index contributed by atoms with van der Waals surface area (Å²) in [5.41, 5.74) is 2.58. The van der Waals surface area contributed by atoms with Crippen LogP contribution in [0.4, 0.5) is 10.5 Å². The molecule has 1 aliphatic rings. The maximum absolute atomic E-state index is 12.9. The standard InChI is InChI=1S/C21H23N3O5/c1-27-18-10-9-14(13-19(18)28-2)17-8-5-11-24(23-17)20(25)15-6-4-7-16(12-15)22-21(26)29-3/h4,6-7,9-10,12-13H,5,8,11H2,1-3H3,(H,22,26). The maximum Gasteiger partial charge on any atom is 0.411 e. The highest BCUT2D eigenvalue weighted by Gasteiger charge is 2.22. The smallest absolute Gasteiger partial charge is 0.411 e. The van der Waals surface area contributed by atoms with Crippen LogP contribution in [0, 0.1) is 0 Å². The van der Waals surface area contributed by atoms with Crippen LogP contribution in [0.2, 0.25) is 0 Å². The van der Waals surface area contributed by atoms with E-state index in [1.54, 1.807) is 38.5 Å². The van der Waals surface area contributed by atoms with Crippen LogP contribution in [-0.2, 0) is 4.74 Å². The van der Waals surface area contributed by atoms with Crippen LogP contribution in [-0.4, -0.2) is 50.6 Å². The number of benzene rings is 2. The van der Waals surface area contributed by atoms with Crippen molar-refractivity contribution in [2.24, 2.45) is 5.10 Å². The molecule has 0 aliphatic carbocycles. The van der Waals surface area contributed by atoms with E-state index in [4.69, 9.17) is 9.47 Å². The minimum absolute atomic E-state index is 0.240. The Morgan fingerprint density at radius 3 is 2.55 bits per heavy atom. The van der Waals surface area contributed by atoms with Gasteiger partial charge in [0.1, 0.15) is 0 Å². The third-order valence-electron chi connectivity index (χ3n) is 4.52. The molecule has 8 heteroatoms. The molecule has 0 atom stereocenters. The van der Waals surface area contributed by atoms with Gasteiger partial charge in [0.05, 0.1) is 27.0 Å². The summed E-state index contributed by atoms with van der Waals surface area (Å²) in [5.74, 6) is 1.00. The predicted molar refractivity (Wildman–Crippen MR) is 109 cm³/mol. The Balaban J connectivity index is 1.83. The van der Waals surface area contributed by atoms with Crippen LogP contribution in [0.5, 0.6) is 11.5 Å². The summed E-state index contributed by atoms with van der Waals surface area (Å²) >= 11 is 0. The first-order chi connectivity index (χ1) is 14.0. The fourth-order valence-electron chi connectivity index (χ4n) is 3.05. The molecule has 2 amide bonds. The molecule has 8 nitrogen and oxygen atoms in total. The van der Waals surface area contributed by atoms with Crippen LogP contribution in [0.25, 0.3) is 0 Å². The van der Waals surface area contributed by atoms with Crippen molar-refractivity contribution >= 4 is 23.4 Å². The van der Waals surface area contributed by atoms with Gasteiger partial charge in [0.25, 0.3) is 5.91 Å². The van der Waals surface area contributed by atoms with Gasteiger partial charge in [-0.2, -0.15) is 5.10 Å². The summed E-state index contributed by atoms with van der Waals surface area (Å²) in [6.07, 6.45) is 0.948. The minimum Gasteiger partial charge on any atom is -0.493 e. The van der Waals surface area contributed by atoms with Gasteiger partial charge in [-0.1, -0.05) is 6.07 Å². The first-order valence-electron chi connectivity index (χ1n) is 9.12. The van der Waals surface area contributed by atoms with Gasteiger partial charge in [0, 0.05) is 23.4 Å². The van der Waals surface area contributed by atoms with E-state index in [9.17, 15) is 9.59 Å². The molecule has 0 saturated heterocycles. The van der Waals surface area contributed by atoms with Crippen LogP contribution >= 0.6 is 0 Å². The molecule has 0 saturated carbocycles. The average Bonchev–Trinajstić information content (AvgIpc) is 2.78. The second kappa shape index (κ2) is 9.09. The fraction of sp³-hybridized carbons (Fsp3) is 0.286. The van der Waals surface area contributed by atoms with E-state index in [0.29, 0.717) is 29.3 Å². The molecular formula is C21H23N3O5. The van der Waals surface area contributed by atoms with Crippen LogP contribution in [0.15, 0.2) is 47.6 Å². The van der Waals surface area contributed by atoms with Gasteiger partial charge in [0.2, 0.25) is 0 Å². The Kier molecular flexibility index (Phi) is 6.33. The van der Waals surface area contributed by atoms with Crippen molar-refractivity contribution < 1.29 is 23.8 Å². The number of carbonyl (C=O) groups is 2. The lowest BCUT2D eigenvalue weighted by Gasteiger charge is -2.24. The number of methoxy groups -OCH3 is 3. The Morgan fingerprint density at radius 2 is 1.83 bits per heavy atom. The molecule has 1 aliphatic heterocycles. The number of carbonyl (C=O) groups excluding carboxylic acids is 2. The number of hydrazone groups is 1. The zero-order valence-corrected chi connectivity index (χ0v) is 16.6. The van der Waals surface area contributed by atoms with E-state index in [2.05, 4.69) is 15.2 Å². The molecule has 1 heterocycles. The summed E-state index contributed by atoms with van der Waals surface area (Å²) in [6.45, 7) is 0.518. The molecule has 29 heavy (non-hydrogen) atoms. The van der Waals surface area contributed by atoms with E-state index in [-0.39, 0.29) is 5.91 Å². The lowest BCUT2D eigenvalue weighted by molar-refractivity contribution is 0.0751. The van der Waals surface area contributed by atoms with Crippen molar-refractivity contribution in [2.45, 2.75) is 12.8 Å². The van der Waals surface area contributed by atoms with Gasteiger partial charge < -0.3 is 14.2 Å². The quantitative estimate of drug-likeness (QED) is 0.834. The van der Waals surface area contributed by atoms with Crippen molar-refractivity contribution in [3.8, 4) is 11.5 Å². The molecular weight excluding hydrogens is 374 g/mol. The molecule has 0 spiro atoms. The van der Waals surface area contributed by atoms with Crippen molar-refractivity contribution in [3.05, 3.63) is 53.6 Å². The zero-order chi connectivity index (χ0) is 20.8. The number of nitrogens with one attached hydrogen (secondary N) is 1. The van der Waals surface area contributed by atoms with E-state index in [0.717, 1.165) is 24.1 Å². The third-order valence-corrected chi connectivity index (χ3v) is 4.52. The number of nitrogens with zero attached hydrogens (tertiary/aromatic N) is 2. The molecule has 0 fully saturated rings. The lowest BCUT2D eigenvalue weighted by Crippen LogP contribution is -2.32. The van der Waals surface area contributed by atoms with Gasteiger partial charge in [0.15, 0.2) is 11.5 Å². The molecule has 0 bridgehead atoms. The average molecular weight is 397 g/mol. The van der Waals surface area contributed by atoms with E-state index < -0.39 is 6.09 Å². The largest absolute Gasteiger partial charge is 0.493 e. The van der Waals surface area contributed by atoms with E-state index in [1.165, 1.54) is 12.1 Å². The normalized spacial score (nSPS) is 13.3. The van der Waals surface area contributed by atoms with E-state index >= 15 is 0 Å². The molecule has 0 aromatic heterocycles. The molecule has 0 radical (unpaired) electrons. The Labute approximate surface area is 169 Å². The van der Waals surface area contributed by atoms with Crippen molar-refractivity contribution in [2.75, 3.05) is 33.2 Å². The first-order valence-corrected chi connectivity index (χ1v) is 9.12. The lowest BCUT2D eigenvalue weighted by atomic mass is 10.0. The number of anilines is 1. The molecule has 1 N–H and O–H groups in total. The first kappa shape index (κ1) is 20.2. The third kappa shape index (κ3) is 4.66. The highest BCUT2D eigenvalue weighted by molar-refractivity contribution is 6.03. The number of hydrogen-bond acceptors (Lipinski definition) is 6. The monoisotopic (exact) mass is 397 g/mol. The highest BCUT2D eigenvalue weighted by atomic mass is 16.5. The fourth-order valence-corrected chi connectivity index (χ4v) is 3.05. The second-order valence-corrected chi connectivity index (χ2v) is 6.35. The summed E-state index contributed by atoms with van der Waals surface area (Å²) in [5, 5.41) is 8.56. The van der Waals surface area contributed by atoms with Gasteiger partial charge in [-0.15, -0.1) is 0 Å². The summed E-state index contributed by atoms with van der Waals surface area (Å²) in [6, 6.07) is 12.2. The molecule has 3 rings (SSSR count). The number of hydrogen-bond donors (Lipinski definition) is 1. The molecule has 2 aromatic carbocycles. The van der Waals surface area contributed by atoms with Gasteiger partial charge >= 0.3 is 6.09 Å². The number of amides is 2. The van der Waals surface area contributed by atoms with Gasteiger partial charge in [-0.05, 0) is 49.2 Å². The molecule has 2 aromatic rings. The molecule has 0 unspecified atom stereocenters. The van der Waals surface area contributed by atoms with Gasteiger partial charge in [-0.3, -0.25) is 10.1 Å². The summed E-state index contributed by atoms with van der Waals surface area (Å²) in [4.78, 5) is 24.3. The summed E-state index contributed by atoms with van der Waals surface area (Å²) in [7, 11) is 4.44.